The number of aromatic hydroxyl groups is 1. The molecule has 0 bridgehead atoms. The molecule has 0 spiro atoms. The Labute approximate surface area is 180 Å². The van der Waals surface area contributed by atoms with E-state index in [1.54, 1.807) is 42.1 Å². The van der Waals surface area contributed by atoms with Crippen LogP contribution in [0, 0.1) is 0 Å². The van der Waals surface area contributed by atoms with Gasteiger partial charge in [0.1, 0.15) is 11.4 Å². The molecule has 162 valence electrons. The average Bonchev–Trinajstić information content (AvgIpc) is 3.31. The number of carbonyl (C=O) groups excluding carboxylic acids is 2. The molecule has 4 rings (SSSR count). The minimum Gasteiger partial charge on any atom is -0.507 e. The van der Waals surface area contributed by atoms with Crippen LogP contribution in [0.25, 0.3) is 11.3 Å². The third kappa shape index (κ3) is 4.19. The molecule has 0 unspecified atom stereocenters. The van der Waals surface area contributed by atoms with Gasteiger partial charge in [-0.2, -0.15) is 9.78 Å². The molecule has 2 amide bonds. The van der Waals surface area contributed by atoms with Gasteiger partial charge in [0.15, 0.2) is 0 Å². The molecule has 0 saturated heterocycles. The number of aryl methyl sites for hydroxylation is 1. The Morgan fingerprint density at radius 1 is 1.23 bits per heavy atom. The average molecular weight is 422 g/mol. The van der Waals surface area contributed by atoms with E-state index in [1.165, 1.54) is 10.7 Å². The minimum absolute atomic E-state index is 0.0107. The van der Waals surface area contributed by atoms with Crippen LogP contribution in [0.1, 0.15) is 54.7 Å². The summed E-state index contributed by atoms with van der Waals surface area (Å²) in [5, 5.41) is 20.8. The predicted molar refractivity (Wildman–Crippen MR) is 118 cm³/mol. The number of phenols is 1. The first-order valence-corrected chi connectivity index (χ1v) is 10.6. The molecular weight excluding hydrogens is 394 g/mol. The SMILES string of the molecule is CCCNC(=O)n1nc(-c2ccc(NC(=O)c3cccn3C)cc2O)cc1C1CCC1. The van der Waals surface area contributed by atoms with Gasteiger partial charge in [0, 0.05) is 43.0 Å². The Balaban J connectivity index is 1.59. The number of carbonyl (C=O) groups is 2. The number of amides is 2. The molecule has 1 aliphatic rings. The molecule has 0 radical (unpaired) electrons. The highest BCUT2D eigenvalue weighted by molar-refractivity contribution is 6.03. The second-order valence-electron chi connectivity index (χ2n) is 7.92. The first-order valence-electron chi connectivity index (χ1n) is 10.6. The summed E-state index contributed by atoms with van der Waals surface area (Å²) in [7, 11) is 1.79. The second kappa shape index (κ2) is 8.67. The van der Waals surface area contributed by atoms with Gasteiger partial charge in [0.25, 0.3) is 5.91 Å². The summed E-state index contributed by atoms with van der Waals surface area (Å²) in [5.74, 6) is 0.0341. The lowest BCUT2D eigenvalue weighted by Crippen LogP contribution is -2.32. The molecule has 0 aliphatic heterocycles. The molecule has 1 saturated carbocycles. The highest BCUT2D eigenvalue weighted by Gasteiger charge is 2.27. The number of anilines is 1. The van der Waals surface area contributed by atoms with Crippen LogP contribution in [-0.2, 0) is 7.05 Å². The van der Waals surface area contributed by atoms with Gasteiger partial charge in [-0.1, -0.05) is 13.3 Å². The van der Waals surface area contributed by atoms with E-state index in [9.17, 15) is 14.7 Å². The number of phenolic OH excluding ortho intramolecular Hbond substituents is 1. The quantitative estimate of drug-likeness (QED) is 0.558. The molecule has 1 fully saturated rings. The number of aromatic nitrogens is 3. The molecule has 1 aliphatic carbocycles. The Bertz CT molecular complexity index is 1110. The molecule has 8 nitrogen and oxygen atoms in total. The monoisotopic (exact) mass is 421 g/mol. The molecule has 31 heavy (non-hydrogen) atoms. The maximum absolute atomic E-state index is 12.6. The van der Waals surface area contributed by atoms with Gasteiger partial charge < -0.3 is 20.3 Å². The largest absolute Gasteiger partial charge is 0.507 e. The highest BCUT2D eigenvalue weighted by Crippen LogP contribution is 2.39. The Morgan fingerprint density at radius 3 is 2.65 bits per heavy atom. The Hall–Kier alpha value is -3.55. The number of hydrogen-bond donors (Lipinski definition) is 3. The van der Waals surface area contributed by atoms with Crippen molar-refractivity contribution in [1.29, 1.82) is 0 Å². The summed E-state index contributed by atoms with van der Waals surface area (Å²) >= 11 is 0. The smallest absolute Gasteiger partial charge is 0.342 e. The van der Waals surface area contributed by atoms with E-state index < -0.39 is 0 Å². The Kier molecular flexibility index (Phi) is 5.79. The van der Waals surface area contributed by atoms with E-state index in [0.717, 1.165) is 31.4 Å². The summed E-state index contributed by atoms with van der Waals surface area (Å²) in [6.45, 7) is 2.58. The van der Waals surface area contributed by atoms with Crippen LogP contribution in [0.2, 0.25) is 0 Å². The molecule has 3 N–H and O–H groups in total. The molecule has 2 heterocycles. The van der Waals surface area contributed by atoms with Crippen molar-refractivity contribution in [2.24, 2.45) is 7.05 Å². The van der Waals surface area contributed by atoms with Crippen molar-refractivity contribution in [3.05, 3.63) is 54.0 Å². The number of nitrogens with zero attached hydrogens (tertiary/aromatic N) is 3. The van der Waals surface area contributed by atoms with Crippen molar-refractivity contribution in [2.75, 3.05) is 11.9 Å². The second-order valence-corrected chi connectivity index (χ2v) is 7.92. The molecular formula is C23H27N5O3. The standard InChI is InChI=1S/C23H27N5O3/c1-3-11-24-23(31)28-20(15-6-4-7-15)14-18(26-28)17-10-9-16(13-21(17)29)25-22(30)19-8-5-12-27(19)2/h5,8-10,12-15,29H,3-4,6-7,11H2,1-2H3,(H,24,31)(H,25,30). The fourth-order valence-electron chi connectivity index (χ4n) is 3.71. The van der Waals surface area contributed by atoms with Gasteiger partial charge in [-0.3, -0.25) is 4.79 Å². The van der Waals surface area contributed by atoms with Gasteiger partial charge in [-0.25, -0.2) is 4.79 Å². The van der Waals surface area contributed by atoms with E-state index in [2.05, 4.69) is 15.7 Å². The van der Waals surface area contributed by atoms with Crippen LogP contribution < -0.4 is 10.6 Å². The van der Waals surface area contributed by atoms with Gasteiger partial charge in [-0.05, 0) is 49.6 Å². The van der Waals surface area contributed by atoms with Gasteiger partial charge >= 0.3 is 6.03 Å². The van der Waals surface area contributed by atoms with E-state index >= 15 is 0 Å². The predicted octanol–water partition coefficient (Wildman–Crippen LogP) is 4.08. The van der Waals surface area contributed by atoms with Crippen molar-refractivity contribution in [2.45, 2.75) is 38.5 Å². The number of hydrogen-bond acceptors (Lipinski definition) is 4. The molecule has 0 atom stereocenters. The van der Waals surface area contributed by atoms with Crippen molar-refractivity contribution < 1.29 is 14.7 Å². The number of nitrogens with one attached hydrogen (secondary N) is 2. The maximum atomic E-state index is 12.6. The molecule has 1 aromatic carbocycles. The number of rotatable bonds is 6. The van der Waals surface area contributed by atoms with Gasteiger partial charge in [0.2, 0.25) is 0 Å². The van der Waals surface area contributed by atoms with Crippen LogP contribution in [0.5, 0.6) is 5.75 Å². The third-order valence-electron chi connectivity index (χ3n) is 5.69. The fraction of sp³-hybridized carbons (Fsp3) is 0.348. The number of benzene rings is 1. The fourth-order valence-corrected chi connectivity index (χ4v) is 3.71. The summed E-state index contributed by atoms with van der Waals surface area (Å²) in [6.07, 6.45) is 5.84. The maximum Gasteiger partial charge on any atom is 0.342 e. The lowest BCUT2D eigenvalue weighted by atomic mass is 9.82. The van der Waals surface area contributed by atoms with Crippen LogP contribution in [0.4, 0.5) is 10.5 Å². The van der Waals surface area contributed by atoms with Crippen molar-refractivity contribution in [3.63, 3.8) is 0 Å². The minimum atomic E-state index is -0.260. The topological polar surface area (TPSA) is 101 Å². The molecule has 8 heteroatoms. The summed E-state index contributed by atoms with van der Waals surface area (Å²) in [5.41, 5.74) is 2.92. The summed E-state index contributed by atoms with van der Waals surface area (Å²) in [6, 6.07) is 10.1. The summed E-state index contributed by atoms with van der Waals surface area (Å²) in [4.78, 5) is 25.0. The first kappa shape index (κ1) is 20.7. The lowest BCUT2D eigenvalue weighted by molar-refractivity contribution is 0.101. The summed E-state index contributed by atoms with van der Waals surface area (Å²) < 4.78 is 3.15. The van der Waals surface area contributed by atoms with E-state index in [-0.39, 0.29) is 17.7 Å². The van der Waals surface area contributed by atoms with Crippen LogP contribution in [-0.4, -0.2) is 37.9 Å². The van der Waals surface area contributed by atoms with E-state index in [0.29, 0.717) is 35.1 Å². The molecule has 3 aromatic rings. The van der Waals surface area contributed by atoms with Crippen molar-refractivity contribution in [1.82, 2.24) is 19.7 Å². The van der Waals surface area contributed by atoms with Crippen LogP contribution in [0.15, 0.2) is 42.6 Å². The normalized spacial score (nSPS) is 13.6. The lowest BCUT2D eigenvalue weighted by Gasteiger charge is -2.25. The zero-order valence-electron chi connectivity index (χ0n) is 17.8. The zero-order chi connectivity index (χ0) is 22.0. The van der Waals surface area contributed by atoms with Crippen molar-refractivity contribution >= 4 is 17.6 Å². The van der Waals surface area contributed by atoms with Crippen LogP contribution in [0.3, 0.4) is 0 Å². The van der Waals surface area contributed by atoms with Crippen molar-refractivity contribution in [3.8, 4) is 17.0 Å². The molecule has 2 aromatic heterocycles. The van der Waals surface area contributed by atoms with Gasteiger partial charge in [-0.15, -0.1) is 0 Å². The third-order valence-corrected chi connectivity index (χ3v) is 5.69. The van der Waals surface area contributed by atoms with Gasteiger partial charge in [0.05, 0.1) is 11.4 Å². The first-order chi connectivity index (χ1) is 15.0. The van der Waals surface area contributed by atoms with Crippen LogP contribution >= 0.6 is 0 Å². The highest BCUT2D eigenvalue weighted by atomic mass is 16.3. The zero-order valence-corrected chi connectivity index (χ0v) is 17.8. The van der Waals surface area contributed by atoms with E-state index in [1.807, 2.05) is 13.0 Å². The Morgan fingerprint density at radius 2 is 2.03 bits per heavy atom. The van der Waals surface area contributed by atoms with E-state index in [4.69, 9.17) is 0 Å².